The van der Waals surface area contributed by atoms with Gasteiger partial charge in [-0.2, -0.15) is 0 Å². The molecular weight excluding hydrogens is 250 g/mol. The van der Waals surface area contributed by atoms with Gasteiger partial charge in [-0.3, -0.25) is 14.8 Å². The summed E-state index contributed by atoms with van der Waals surface area (Å²) in [7, 11) is 0. The van der Waals surface area contributed by atoms with E-state index >= 15 is 0 Å². The van der Waals surface area contributed by atoms with E-state index in [-0.39, 0.29) is 5.91 Å². The molecule has 5 heteroatoms. The topological polar surface area (TPSA) is 54.9 Å². The van der Waals surface area contributed by atoms with Gasteiger partial charge in [0.2, 0.25) is 0 Å². The van der Waals surface area contributed by atoms with E-state index in [0.717, 1.165) is 11.4 Å². The number of hydrogen-bond acceptors (Lipinski definition) is 3. The Morgan fingerprint density at radius 3 is 2.94 bits per heavy atom. The summed E-state index contributed by atoms with van der Waals surface area (Å²) < 4.78 is 0. The van der Waals surface area contributed by atoms with Gasteiger partial charge in [-0.15, -0.1) is 0 Å². The SMILES string of the molecule is Cc1cccc(CNC(=O)c2ccncc2Cl)n1. The third-order valence-electron chi connectivity index (χ3n) is 2.39. The lowest BCUT2D eigenvalue weighted by Crippen LogP contribution is -2.23. The molecule has 0 fully saturated rings. The Balaban J connectivity index is 2.03. The Labute approximate surface area is 110 Å². The molecule has 0 aromatic carbocycles. The summed E-state index contributed by atoms with van der Waals surface area (Å²) in [6, 6.07) is 7.26. The van der Waals surface area contributed by atoms with Crippen LogP contribution in [-0.2, 0) is 6.54 Å². The maximum atomic E-state index is 11.9. The normalized spacial score (nSPS) is 10.1. The second-order valence-electron chi connectivity index (χ2n) is 3.81. The van der Waals surface area contributed by atoms with Crippen molar-refractivity contribution in [2.75, 3.05) is 0 Å². The zero-order chi connectivity index (χ0) is 13.0. The Hall–Kier alpha value is -1.94. The number of pyridine rings is 2. The molecule has 0 bridgehead atoms. The zero-order valence-corrected chi connectivity index (χ0v) is 10.6. The van der Waals surface area contributed by atoms with E-state index in [1.165, 1.54) is 12.4 Å². The minimum absolute atomic E-state index is 0.231. The minimum Gasteiger partial charge on any atom is -0.346 e. The molecule has 1 N–H and O–H groups in total. The van der Waals surface area contributed by atoms with Gasteiger partial charge in [0.1, 0.15) is 0 Å². The summed E-state index contributed by atoms with van der Waals surface area (Å²) in [6.07, 6.45) is 2.98. The number of carbonyl (C=O) groups excluding carboxylic acids is 1. The van der Waals surface area contributed by atoms with Crippen molar-refractivity contribution in [1.29, 1.82) is 0 Å². The van der Waals surface area contributed by atoms with Crippen LogP contribution in [0.2, 0.25) is 5.02 Å². The summed E-state index contributed by atoms with van der Waals surface area (Å²) >= 11 is 5.89. The molecule has 2 aromatic heterocycles. The number of nitrogens with zero attached hydrogens (tertiary/aromatic N) is 2. The number of carbonyl (C=O) groups is 1. The van der Waals surface area contributed by atoms with Crippen LogP contribution in [0.25, 0.3) is 0 Å². The van der Waals surface area contributed by atoms with Gasteiger partial charge in [-0.05, 0) is 25.1 Å². The number of amides is 1. The van der Waals surface area contributed by atoms with Crippen molar-refractivity contribution in [2.45, 2.75) is 13.5 Å². The summed E-state index contributed by atoms with van der Waals surface area (Å²) in [5, 5.41) is 3.11. The van der Waals surface area contributed by atoms with E-state index in [0.29, 0.717) is 17.1 Å². The number of aromatic nitrogens is 2. The Morgan fingerprint density at radius 1 is 1.39 bits per heavy atom. The van der Waals surface area contributed by atoms with Crippen molar-refractivity contribution in [2.24, 2.45) is 0 Å². The average Bonchev–Trinajstić information content (AvgIpc) is 2.37. The molecule has 0 atom stereocenters. The van der Waals surface area contributed by atoms with Crippen LogP contribution in [0.3, 0.4) is 0 Å². The van der Waals surface area contributed by atoms with Gasteiger partial charge in [-0.25, -0.2) is 0 Å². The molecule has 4 nitrogen and oxygen atoms in total. The van der Waals surface area contributed by atoms with Crippen molar-refractivity contribution in [1.82, 2.24) is 15.3 Å². The van der Waals surface area contributed by atoms with Gasteiger partial charge in [0.05, 0.1) is 22.8 Å². The fraction of sp³-hybridized carbons (Fsp3) is 0.154. The van der Waals surface area contributed by atoms with E-state index in [4.69, 9.17) is 11.6 Å². The zero-order valence-electron chi connectivity index (χ0n) is 9.85. The highest BCUT2D eigenvalue weighted by Gasteiger charge is 2.09. The number of aryl methyl sites for hydroxylation is 1. The van der Waals surface area contributed by atoms with Crippen molar-refractivity contribution in [3.63, 3.8) is 0 Å². The highest BCUT2D eigenvalue weighted by molar-refractivity contribution is 6.33. The molecule has 18 heavy (non-hydrogen) atoms. The lowest BCUT2D eigenvalue weighted by Gasteiger charge is -2.06. The minimum atomic E-state index is -0.231. The summed E-state index contributed by atoms with van der Waals surface area (Å²) in [5.74, 6) is -0.231. The first kappa shape index (κ1) is 12.5. The highest BCUT2D eigenvalue weighted by Crippen LogP contribution is 2.13. The summed E-state index contributed by atoms with van der Waals surface area (Å²) in [6.45, 7) is 2.28. The first-order valence-corrected chi connectivity index (χ1v) is 5.85. The van der Waals surface area contributed by atoms with Crippen LogP contribution >= 0.6 is 11.6 Å². The van der Waals surface area contributed by atoms with Gasteiger partial charge >= 0.3 is 0 Å². The van der Waals surface area contributed by atoms with Gasteiger partial charge in [0, 0.05) is 18.1 Å². The Morgan fingerprint density at radius 2 is 2.22 bits per heavy atom. The first-order chi connectivity index (χ1) is 8.66. The molecule has 0 spiro atoms. The number of halogens is 1. The molecule has 2 aromatic rings. The lowest BCUT2D eigenvalue weighted by molar-refractivity contribution is 0.0950. The second-order valence-corrected chi connectivity index (χ2v) is 4.22. The molecule has 92 valence electrons. The molecule has 0 saturated heterocycles. The Kier molecular flexibility index (Phi) is 3.89. The van der Waals surface area contributed by atoms with Gasteiger partial charge in [0.25, 0.3) is 5.91 Å². The third kappa shape index (κ3) is 3.05. The smallest absolute Gasteiger partial charge is 0.253 e. The predicted molar refractivity (Wildman–Crippen MR) is 69.4 cm³/mol. The Bertz CT molecular complexity index is 572. The van der Waals surface area contributed by atoms with Crippen molar-refractivity contribution < 1.29 is 4.79 Å². The van der Waals surface area contributed by atoms with E-state index in [1.807, 2.05) is 25.1 Å². The van der Waals surface area contributed by atoms with Crippen molar-refractivity contribution in [3.05, 3.63) is 58.6 Å². The lowest BCUT2D eigenvalue weighted by atomic mass is 10.2. The van der Waals surface area contributed by atoms with Crippen LogP contribution < -0.4 is 5.32 Å². The second kappa shape index (κ2) is 5.60. The maximum absolute atomic E-state index is 11.9. The van der Waals surface area contributed by atoms with E-state index in [1.54, 1.807) is 6.07 Å². The van der Waals surface area contributed by atoms with Gasteiger partial charge in [0.15, 0.2) is 0 Å². The largest absolute Gasteiger partial charge is 0.346 e. The fourth-order valence-corrected chi connectivity index (χ4v) is 1.73. The molecule has 0 aliphatic rings. The van der Waals surface area contributed by atoms with Gasteiger partial charge < -0.3 is 5.32 Å². The maximum Gasteiger partial charge on any atom is 0.253 e. The molecule has 0 aliphatic heterocycles. The molecule has 0 aliphatic carbocycles. The third-order valence-corrected chi connectivity index (χ3v) is 2.69. The average molecular weight is 262 g/mol. The van der Waals surface area contributed by atoms with E-state index < -0.39 is 0 Å². The van der Waals surface area contributed by atoms with Crippen LogP contribution in [0.1, 0.15) is 21.7 Å². The van der Waals surface area contributed by atoms with Crippen LogP contribution in [0.15, 0.2) is 36.7 Å². The van der Waals surface area contributed by atoms with Crippen molar-refractivity contribution >= 4 is 17.5 Å². The van der Waals surface area contributed by atoms with E-state index in [9.17, 15) is 4.79 Å². The quantitative estimate of drug-likeness (QED) is 0.923. The highest BCUT2D eigenvalue weighted by atomic mass is 35.5. The molecule has 1 amide bonds. The standard InChI is InChI=1S/C13H12ClN3O/c1-9-3-2-4-10(17-9)7-16-13(18)11-5-6-15-8-12(11)14/h2-6,8H,7H2,1H3,(H,16,18). The molecule has 0 unspecified atom stereocenters. The molecular formula is C13H12ClN3O. The van der Waals surface area contributed by atoms with Crippen LogP contribution in [-0.4, -0.2) is 15.9 Å². The van der Waals surface area contributed by atoms with Crippen LogP contribution in [0.4, 0.5) is 0 Å². The summed E-state index contributed by atoms with van der Waals surface area (Å²) in [4.78, 5) is 20.0. The summed E-state index contributed by atoms with van der Waals surface area (Å²) in [5.41, 5.74) is 2.15. The van der Waals surface area contributed by atoms with E-state index in [2.05, 4.69) is 15.3 Å². The van der Waals surface area contributed by atoms with Crippen LogP contribution in [0.5, 0.6) is 0 Å². The fourth-order valence-electron chi connectivity index (χ4n) is 1.52. The molecule has 0 saturated carbocycles. The number of rotatable bonds is 3. The van der Waals surface area contributed by atoms with Crippen LogP contribution in [0, 0.1) is 6.92 Å². The monoisotopic (exact) mass is 261 g/mol. The van der Waals surface area contributed by atoms with Crippen molar-refractivity contribution in [3.8, 4) is 0 Å². The number of hydrogen-bond donors (Lipinski definition) is 1. The van der Waals surface area contributed by atoms with Gasteiger partial charge in [-0.1, -0.05) is 17.7 Å². The molecule has 2 heterocycles. The molecule has 0 radical (unpaired) electrons. The number of nitrogens with one attached hydrogen (secondary N) is 1. The predicted octanol–water partition coefficient (Wildman–Crippen LogP) is 2.37. The molecule has 2 rings (SSSR count). The first-order valence-electron chi connectivity index (χ1n) is 5.47.